The maximum absolute atomic E-state index is 13.0. The molecule has 0 aliphatic carbocycles. The number of halogens is 1. The highest BCUT2D eigenvalue weighted by molar-refractivity contribution is 7.89. The van der Waals surface area contributed by atoms with Crippen molar-refractivity contribution in [3.63, 3.8) is 0 Å². The Morgan fingerprint density at radius 1 is 1.38 bits per heavy atom. The SMILES string of the molecule is NCCCn1cc(S(=O)(=O)NCc2cccc(F)c2)cn1. The molecule has 1 heterocycles. The van der Waals surface area contributed by atoms with Gasteiger partial charge in [0.25, 0.3) is 0 Å². The van der Waals surface area contributed by atoms with Crippen molar-refractivity contribution in [3.05, 3.63) is 48.0 Å². The summed E-state index contributed by atoms with van der Waals surface area (Å²) in [5.74, 6) is -0.402. The van der Waals surface area contributed by atoms with Gasteiger partial charge in [-0.2, -0.15) is 5.10 Å². The number of nitrogens with one attached hydrogen (secondary N) is 1. The van der Waals surface area contributed by atoms with E-state index in [-0.39, 0.29) is 11.4 Å². The third-order valence-corrected chi connectivity index (χ3v) is 4.22. The van der Waals surface area contributed by atoms with E-state index in [1.807, 2.05) is 0 Å². The minimum absolute atomic E-state index is 0.0219. The molecule has 0 unspecified atom stereocenters. The Kier molecular flexibility index (Phi) is 5.05. The van der Waals surface area contributed by atoms with Crippen molar-refractivity contribution in [3.8, 4) is 0 Å². The number of hydrogen-bond acceptors (Lipinski definition) is 4. The van der Waals surface area contributed by atoms with Gasteiger partial charge in [-0.25, -0.2) is 17.5 Å². The van der Waals surface area contributed by atoms with Crippen molar-refractivity contribution >= 4 is 10.0 Å². The first-order valence-corrected chi connectivity index (χ1v) is 7.96. The van der Waals surface area contributed by atoms with E-state index in [0.29, 0.717) is 18.7 Å². The number of rotatable bonds is 7. The molecule has 0 bridgehead atoms. The van der Waals surface area contributed by atoms with Gasteiger partial charge in [0.05, 0.1) is 6.20 Å². The average molecular weight is 312 g/mol. The normalized spacial score (nSPS) is 11.7. The highest BCUT2D eigenvalue weighted by atomic mass is 32.2. The lowest BCUT2D eigenvalue weighted by Gasteiger charge is -2.05. The van der Waals surface area contributed by atoms with Crippen LogP contribution in [0, 0.1) is 5.82 Å². The van der Waals surface area contributed by atoms with Gasteiger partial charge < -0.3 is 5.73 Å². The first kappa shape index (κ1) is 15.6. The van der Waals surface area contributed by atoms with Crippen LogP contribution in [0.1, 0.15) is 12.0 Å². The molecule has 114 valence electrons. The minimum Gasteiger partial charge on any atom is -0.330 e. The fourth-order valence-corrected chi connectivity index (χ4v) is 2.74. The summed E-state index contributed by atoms with van der Waals surface area (Å²) in [7, 11) is -3.66. The van der Waals surface area contributed by atoms with E-state index in [4.69, 9.17) is 5.73 Å². The number of nitrogens with zero attached hydrogens (tertiary/aromatic N) is 2. The maximum atomic E-state index is 13.0. The van der Waals surface area contributed by atoms with Crippen LogP contribution in [-0.2, 0) is 23.1 Å². The quantitative estimate of drug-likeness (QED) is 0.793. The molecule has 21 heavy (non-hydrogen) atoms. The molecule has 0 fully saturated rings. The fraction of sp³-hybridized carbons (Fsp3) is 0.308. The Labute approximate surface area is 122 Å². The second-order valence-electron chi connectivity index (χ2n) is 4.54. The summed E-state index contributed by atoms with van der Waals surface area (Å²) in [6.07, 6.45) is 3.45. The van der Waals surface area contributed by atoms with E-state index in [1.165, 1.54) is 35.3 Å². The Hall–Kier alpha value is -1.77. The molecule has 0 amide bonds. The van der Waals surface area contributed by atoms with Gasteiger partial charge in [-0.05, 0) is 30.7 Å². The van der Waals surface area contributed by atoms with E-state index in [9.17, 15) is 12.8 Å². The van der Waals surface area contributed by atoms with Crippen LogP contribution in [0.2, 0.25) is 0 Å². The third-order valence-electron chi connectivity index (χ3n) is 2.87. The summed E-state index contributed by atoms with van der Waals surface area (Å²) in [5.41, 5.74) is 5.94. The van der Waals surface area contributed by atoms with E-state index in [2.05, 4.69) is 9.82 Å². The smallest absolute Gasteiger partial charge is 0.243 e. The fourth-order valence-electron chi connectivity index (χ4n) is 1.77. The molecule has 0 aliphatic heterocycles. The van der Waals surface area contributed by atoms with Crippen molar-refractivity contribution < 1.29 is 12.8 Å². The van der Waals surface area contributed by atoms with Crippen molar-refractivity contribution in [1.82, 2.24) is 14.5 Å². The second-order valence-corrected chi connectivity index (χ2v) is 6.30. The van der Waals surface area contributed by atoms with Gasteiger partial charge in [-0.15, -0.1) is 0 Å². The zero-order valence-corrected chi connectivity index (χ0v) is 12.2. The molecule has 0 radical (unpaired) electrons. The molecule has 0 saturated heterocycles. The van der Waals surface area contributed by atoms with Crippen LogP contribution in [0.4, 0.5) is 4.39 Å². The standard InChI is InChI=1S/C13H17FN4O2S/c14-12-4-1-3-11(7-12)8-17-21(19,20)13-9-16-18(10-13)6-2-5-15/h1,3-4,7,9-10,17H,2,5-6,8,15H2. The van der Waals surface area contributed by atoms with E-state index < -0.39 is 15.8 Å². The Balaban J connectivity index is 2.02. The van der Waals surface area contributed by atoms with Crippen LogP contribution in [0.25, 0.3) is 0 Å². The molecule has 2 rings (SSSR count). The predicted octanol–water partition coefficient (Wildman–Crippen LogP) is 0.849. The largest absolute Gasteiger partial charge is 0.330 e. The van der Waals surface area contributed by atoms with Crippen LogP contribution < -0.4 is 10.5 Å². The summed E-state index contributed by atoms with van der Waals surface area (Å²) >= 11 is 0. The summed E-state index contributed by atoms with van der Waals surface area (Å²) in [4.78, 5) is 0.0796. The van der Waals surface area contributed by atoms with Crippen LogP contribution in [0.5, 0.6) is 0 Å². The van der Waals surface area contributed by atoms with Crippen molar-refractivity contribution in [2.75, 3.05) is 6.54 Å². The van der Waals surface area contributed by atoms with Gasteiger partial charge in [0, 0.05) is 19.3 Å². The van der Waals surface area contributed by atoms with Crippen molar-refractivity contribution in [2.45, 2.75) is 24.4 Å². The van der Waals surface area contributed by atoms with Gasteiger partial charge in [0.1, 0.15) is 10.7 Å². The van der Waals surface area contributed by atoms with Gasteiger partial charge in [0.15, 0.2) is 0 Å². The molecule has 1 aromatic carbocycles. The molecular formula is C13H17FN4O2S. The molecule has 6 nitrogen and oxygen atoms in total. The van der Waals surface area contributed by atoms with Crippen LogP contribution in [0.15, 0.2) is 41.6 Å². The minimum atomic E-state index is -3.66. The molecule has 0 aliphatic rings. The lowest BCUT2D eigenvalue weighted by molar-refractivity contribution is 0.575. The summed E-state index contributed by atoms with van der Waals surface area (Å²) < 4.78 is 41.2. The van der Waals surface area contributed by atoms with Gasteiger partial charge in [0.2, 0.25) is 10.0 Å². The average Bonchev–Trinajstić information content (AvgIpc) is 2.93. The van der Waals surface area contributed by atoms with E-state index >= 15 is 0 Å². The first-order chi connectivity index (χ1) is 10.0. The summed E-state index contributed by atoms with van der Waals surface area (Å²) in [6, 6.07) is 5.77. The highest BCUT2D eigenvalue weighted by Gasteiger charge is 2.16. The Bertz CT molecular complexity index is 700. The Morgan fingerprint density at radius 2 is 2.19 bits per heavy atom. The molecule has 0 atom stereocenters. The van der Waals surface area contributed by atoms with Gasteiger partial charge >= 0.3 is 0 Å². The second kappa shape index (κ2) is 6.79. The first-order valence-electron chi connectivity index (χ1n) is 6.48. The maximum Gasteiger partial charge on any atom is 0.243 e. The number of benzene rings is 1. The predicted molar refractivity (Wildman–Crippen MR) is 76.3 cm³/mol. The van der Waals surface area contributed by atoms with Crippen LogP contribution in [0.3, 0.4) is 0 Å². The molecule has 0 saturated carbocycles. The topological polar surface area (TPSA) is 90.0 Å². The van der Waals surface area contributed by atoms with Crippen LogP contribution >= 0.6 is 0 Å². The number of aromatic nitrogens is 2. The summed E-state index contributed by atoms with van der Waals surface area (Å²) in [6.45, 7) is 1.10. The number of aryl methyl sites for hydroxylation is 1. The lowest BCUT2D eigenvalue weighted by Crippen LogP contribution is -2.23. The zero-order chi connectivity index (χ0) is 15.3. The molecule has 8 heteroatoms. The number of nitrogens with two attached hydrogens (primary N) is 1. The van der Waals surface area contributed by atoms with Crippen LogP contribution in [-0.4, -0.2) is 24.7 Å². The third kappa shape index (κ3) is 4.35. The molecule has 3 N–H and O–H groups in total. The number of hydrogen-bond donors (Lipinski definition) is 2. The van der Waals surface area contributed by atoms with E-state index in [0.717, 1.165) is 6.42 Å². The molecule has 0 spiro atoms. The number of sulfonamides is 1. The van der Waals surface area contributed by atoms with Crippen molar-refractivity contribution in [2.24, 2.45) is 5.73 Å². The zero-order valence-electron chi connectivity index (χ0n) is 11.4. The molecule has 1 aromatic heterocycles. The summed E-state index contributed by atoms with van der Waals surface area (Å²) in [5, 5.41) is 3.97. The van der Waals surface area contributed by atoms with Gasteiger partial charge in [-0.1, -0.05) is 12.1 Å². The van der Waals surface area contributed by atoms with Gasteiger partial charge in [-0.3, -0.25) is 4.68 Å². The Morgan fingerprint density at radius 3 is 2.90 bits per heavy atom. The van der Waals surface area contributed by atoms with E-state index in [1.54, 1.807) is 6.07 Å². The lowest BCUT2D eigenvalue weighted by atomic mass is 10.2. The molecule has 2 aromatic rings. The van der Waals surface area contributed by atoms with Crippen molar-refractivity contribution in [1.29, 1.82) is 0 Å². The molecular weight excluding hydrogens is 295 g/mol. The monoisotopic (exact) mass is 312 g/mol. The highest BCUT2D eigenvalue weighted by Crippen LogP contribution is 2.09.